The Morgan fingerprint density at radius 2 is 2.29 bits per heavy atom. The van der Waals surface area contributed by atoms with E-state index in [-0.39, 0.29) is 0 Å². The molecule has 0 bridgehead atoms. The summed E-state index contributed by atoms with van der Waals surface area (Å²) in [4.78, 5) is 13.2. The van der Waals surface area contributed by atoms with Crippen LogP contribution in [0.1, 0.15) is 18.2 Å². The Hall–Kier alpha value is -2.39. The average Bonchev–Trinajstić information content (AvgIpc) is 2.94. The molecule has 1 aliphatic heterocycles. The molecule has 104 valence electrons. The van der Waals surface area contributed by atoms with Crippen LogP contribution < -0.4 is 5.32 Å². The summed E-state index contributed by atoms with van der Waals surface area (Å²) < 4.78 is 0. The monoisotopic (exact) mass is 295 g/mol. The lowest BCUT2D eigenvalue weighted by Gasteiger charge is -2.06. The van der Waals surface area contributed by atoms with Crippen LogP contribution in [0.25, 0.3) is 0 Å². The highest BCUT2D eigenvalue weighted by molar-refractivity contribution is 8.15. The second-order valence-electron chi connectivity index (χ2n) is 4.66. The molecule has 1 aromatic heterocycles. The predicted octanol–water partition coefficient (Wildman–Crippen LogP) is 2.97. The number of nitrogens with one attached hydrogen (secondary N) is 1. The number of nitrogens with zero attached hydrogens (tertiary/aromatic N) is 4. The van der Waals surface area contributed by atoms with Gasteiger partial charge in [-0.3, -0.25) is 4.99 Å². The number of rotatable bonds is 3. The second-order valence-corrected chi connectivity index (χ2v) is 6.08. The van der Waals surface area contributed by atoms with E-state index in [2.05, 4.69) is 33.3 Å². The third-order valence-corrected chi connectivity index (χ3v) is 4.04. The van der Waals surface area contributed by atoms with Gasteiger partial charge in [0.25, 0.3) is 0 Å². The maximum atomic E-state index is 8.91. The first-order valence-corrected chi connectivity index (χ1v) is 7.44. The first-order valence-electron chi connectivity index (χ1n) is 6.56. The number of aliphatic imine (C=N–C) groups is 1. The van der Waals surface area contributed by atoms with Crippen molar-refractivity contribution in [1.29, 1.82) is 5.26 Å². The molecular formula is C15H13N5S. The van der Waals surface area contributed by atoms with Crippen LogP contribution in [-0.2, 0) is 0 Å². The molecule has 1 unspecified atom stereocenters. The molecule has 6 heteroatoms. The quantitative estimate of drug-likeness (QED) is 0.942. The molecule has 2 aromatic rings. The van der Waals surface area contributed by atoms with E-state index < -0.39 is 0 Å². The highest BCUT2D eigenvalue weighted by Gasteiger charge is 2.18. The molecule has 1 aliphatic rings. The molecule has 0 radical (unpaired) electrons. The molecule has 1 N–H and O–H groups in total. The van der Waals surface area contributed by atoms with E-state index in [1.165, 1.54) is 0 Å². The van der Waals surface area contributed by atoms with Crippen LogP contribution >= 0.6 is 11.8 Å². The van der Waals surface area contributed by atoms with Crippen LogP contribution in [0.15, 0.2) is 41.5 Å². The zero-order chi connectivity index (χ0) is 14.7. The summed E-state index contributed by atoms with van der Waals surface area (Å²) in [6.45, 7) is 2.98. The van der Waals surface area contributed by atoms with Gasteiger partial charge in [0, 0.05) is 17.1 Å². The third-order valence-electron chi connectivity index (χ3n) is 2.93. The lowest BCUT2D eigenvalue weighted by molar-refractivity contribution is 0.975. The smallest absolute Gasteiger partial charge is 0.227 e. The van der Waals surface area contributed by atoms with Crippen molar-refractivity contribution in [3.8, 4) is 6.07 Å². The molecule has 0 saturated heterocycles. The van der Waals surface area contributed by atoms with Crippen molar-refractivity contribution in [2.24, 2.45) is 4.99 Å². The SMILES string of the molecule is CC1CN=C(c2ccnc(Nc3cccc(C#N)c3)n2)S1. The predicted molar refractivity (Wildman–Crippen MR) is 84.9 cm³/mol. The first kappa shape index (κ1) is 13.6. The lowest BCUT2D eigenvalue weighted by Crippen LogP contribution is -2.03. The third kappa shape index (κ3) is 3.20. The van der Waals surface area contributed by atoms with Crippen molar-refractivity contribution in [2.45, 2.75) is 12.2 Å². The van der Waals surface area contributed by atoms with Gasteiger partial charge in [0.05, 0.1) is 18.2 Å². The summed E-state index contributed by atoms with van der Waals surface area (Å²) >= 11 is 1.73. The van der Waals surface area contributed by atoms with Gasteiger partial charge in [0.2, 0.25) is 5.95 Å². The molecule has 2 heterocycles. The van der Waals surface area contributed by atoms with Gasteiger partial charge in [-0.1, -0.05) is 24.8 Å². The van der Waals surface area contributed by atoms with Gasteiger partial charge in [-0.25, -0.2) is 9.97 Å². The summed E-state index contributed by atoms with van der Waals surface area (Å²) in [5.41, 5.74) is 2.22. The van der Waals surface area contributed by atoms with E-state index >= 15 is 0 Å². The number of nitriles is 1. The molecule has 0 saturated carbocycles. The highest BCUT2D eigenvalue weighted by atomic mass is 32.2. The van der Waals surface area contributed by atoms with E-state index in [9.17, 15) is 0 Å². The molecule has 0 amide bonds. The van der Waals surface area contributed by atoms with Crippen LogP contribution in [0.2, 0.25) is 0 Å². The maximum Gasteiger partial charge on any atom is 0.227 e. The van der Waals surface area contributed by atoms with E-state index in [1.807, 2.05) is 18.2 Å². The minimum atomic E-state index is 0.499. The number of aromatic nitrogens is 2. The second kappa shape index (κ2) is 5.94. The standard InChI is InChI=1S/C15H13N5S/c1-10-9-18-14(21-10)13-5-6-17-15(20-13)19-12-4-2-3-11(7-12)8-16/h2-7,10H,9H2,1H3,(H,17,19,20). The molecule has 1 aromatic carbocycles. The Kier molecular flexibility index (Phi) is 3.84. The Labute approximate surface area is 127 Å². The maximum absolute atomic E-state index is 8.91. The van der Waals surface area contributed by atoms with Crippen molar-refractivity contribution >= 4 is 28.4 Å². The number of anilines is 2. The van der Waals surface area contributed by atoms with Crippen LogP contribution in [0.4, 0.5) is 11.6 Å². The van der Waals surface area contributed by atoms with Crippen LogP contribution in [0.5, 0.6) is 0 Å². The minimum absolute atomic E-state index is 0.499. The van der Waals surface area contributed by atoms with Crippen molar-refractivity contribution in [3.05, 3.63) is 47.8 Å². The van der Waals surface area contributed by atoms with Gasteiger partial charge in [0.15, 0.2) is 0 Å². The number of hydrogen-bond donors (Lipinski definition) is 1. The average molecular weight is 295 g/mol. The highest BCUT2D eigenvalue weighted by Crippen LogP contribution is 2.24. The molecule has 0 aliphatic carbocycles. The van der Waals surface area contributed by atoms with E-state index in [0.29, 0.717) is 16.8 Å². The normalized spacial score (nSPS) is 17.1. The molecule has 3 rings (SSSR count). The number of thioether (sulfide) groups is 1. The summed E-state index contributed by atoms with van der Waals surface area (Å²) in [6.07, 6.45) is 1.71. The largest absolute Gasteiger partial charge is 0.324 e. The zero-order valence-electron chi connectivity index (χ0n) is 11.4. The number of hydrogen-bond acceptors (Lipinski definition) is 6. The number of benzene rings is 1. The molecule has 0 fully saturated rings. The Morgan fingerprint density at radius 3 is 3.05 bits per heavy atom. The fourth-order valence-electron chi connectivity index (χ4n) is 1.95. The van der Waals surface area contributed by atoms with Crippen LogP contribution in [0, 0.1) is 11.3 Å². The molecule has 21 heavy (non-hydrogen) atoms. The first-order chi connectivity index (χ1) is 10.2. The summed E-state index contributed by atoms with van der Waals surface area (Å²) in [5.74, 6) is 0.505. The fourth-order valence-corrected chi connectivity index (χ4v) is 2.87. The van der Waals surface area contributed by atoms with Crippen molar-refractivity contribution < 1.29 is 0 Å². The van der Waals surface area contributed by atoms with Crippen molar-refractivity contribution in [2.75, 3.05) is 11.9 Å². The summed E-state index contributed by atoms with van der Waals surface area (Å²) in [7, 11) is 0. The van der Waals surface area contributed by atoms with Gasteiger partial charge in [-0.15, -0.1) is 0 Å². The molecular weight excluding hydrogens is 282 g/mol. The Balaban J connectivity index is 1.82. The Morgan fingerprint density at radius 1 is 1.38 bits per heavy atom. The van der Waals surface area contributed by atoms with Crippen molar-refractivity contribution in [3.63, 3.8) is 0 Å². The zero-order valence-corrected chi connectivity index (χ0v) is 12.3. The Bertz CT molecular complexity index is 735. The lowest BCUT2D eigenvalue weighted by atomic mass is 10.2. The van der Waals surface area contributed by atoms with Gasteiger partial charge in [-0.05, 0) is 24.3 Å². The van der Waals surface area contributed by atoms with Gasteiger partial charge < -0.3 is 5.32 Å². The molecule has 0 spiro atoms. The fraction of sp³-hybridized carbons (Fsp3) is 0.200. The van der Waals surface area contributed by atoms with E-state index in [0.717, 1.165) is 23.0 Å². The molecule has 5 nitrogen and oxygen atoms in total. The minimum Gasteiger partial charge on any atom is -0.324 e. The summed E-state index contributed by atoms with van der Waals surface area (Å²) in [5, 5.41) is 13.5. The van der Waals surface area contributed by atoms with Gasteiger partial charge >= 0.3 is 0 Å². The van der Waals surface area contributed by atoms with E-state index in [1.54, 1.807) is 30.1 Å². The van der Waals surface area contributed by atoms with E-state index in [4.69, 9.17) is 5.26 Å². The van der Waals surface area contributed by atoms with Crippen LogP contribution in [-0.4, -0.2) is 26.8 Å². The molecule has 1 atom stereocenters. The van der Waals surface area contributed by atoms with Gasteiger partial charge in [0.1, 0.15) is 10.7 Å². The topological polar surface area (TPSA) is 74.0 Å². The van der Waals surface area contributed by atoms with Crippen molar-refractivity contribution in [1.82, 2.24) is 9.97 Å². The van der Waals surface area contributed by atoms with Gasteiger partial charge in [-0.2, -0.15) is 5.26 Å². The summed E-state index contributed by atoms with van der Waals surface area (Å²) in [6, 6.07) is 11.2. The van der Waals surface area contributed by atoms with Crippen LogP contribution in [0.3, 0.4) is 0 Å².